The minimum Gasteiger partial charge on any atom is -0.329 e. The van der Waals surface area contributed by atoms with Crippen molar-refractivity contribution in [1.29, 1.82) is 5.26 Å². The highest BCUT2D eigenvalue weighted by atomic mass is 35.5. The Bertz CT molecular complexity index is 581. The number of rotatable bonds is 2. The Hall–Kier alpha value is -2.12. The van der Waals surface area contributed by atoms with Gasteiger partial charge in [0.25, 0.3) is 0 Å². The van der Waals surface area contributed by atoms with Crippen LogP contribution < -0.4 is 4.90 Å². The zero-order valence-electron chi connectivity index (χ0n) is 10.1. The second-order valence-corrected chi connectivity index (χ2v) is 4.20. The average Bonchev–Trinajstić information content (AvgIpc) is 2.37. The van der Waals surface area contributed by atoms with E-state index < -0.39 is 0 Å². The first-order valence-electron chi connectivity index (χ1n) is 5.35. The lowest BCUT2D eigenvalue weighted by Gasteiger charge is -2.18. The number of hydrogen-bond donors (Lipinski definition) is 0. The molecule has 0 fully saturated rings. The SMILES string of the molecule is Cc1nc(Cl)cc(N(C)c2ccc(C#N)cc2)n1. The number of hydrogen-bond acceptors (Lipinski definition) is 4. The molecule has 0 saturated heterocycles. The van der Waals surface area contributed by atoms with Gasteiger partial charge in [-0.2, -0.15) is 5.26 Å². The molecule has 0 amide bonds. The van der Waals surface area contributed by atoms with Gasteiger partial charge in [-0.3, -0.25) is 0 Å². The van der Waals surface area contributed by atoms with Crippen LogP contribution >= 0.6 is 11.6 Å². The number of aryl methyl sites for hydroxylation is 1. The molecule has 0 aliphatic heterocycles. The van der Waals surface area contributed by atoms with Crippen LogP contribution in [0.15, 0.2) is 30.3 Å². The Balaban J connectivity index is 2.35. The summed E-state index contributed by atoms with van der Waals surface area (Å²) in [6.07, 6.45) is 0. The van der Waals surface area contributed by atoms with Gasteiger partial charge in [0.05, 0.1) is 11.6 Å². The zero-order chi connectivity index (χ0) is 13.1. The number of aromatic nitrogens is 2. The van der Waals surface area contributed by atoms with Crippen LogP contribution in [0.5, 0.6) is 0 Å². The predicted octanol–water partition coefficient (Wildman–Crippen LogP) is 3.08. The standard InChI is InChI=1S/C13H11ClN4/c1-9-16-12(14)7-13(17-9)18(2)11-5-3-10(8-15)4-6-11/h3-7H,1-2H3. The molecule has 4 nitrogen and oxygen atoms in total. The fourth-order valence-electron chi connectivity index (χ4n) is 1.58. The van der Waals surface area contributed by atoms with Crippen molar-refractivity contribution >= 4 is 23.1 Å². The van der Waals surface area contributed by atoms with Gasteiger partial charge < -0.3 is 4.90 Å². The first-order chi connectivity index (χ1) is 8.60. The first-order valence-corrected chi connectivity index (χ1v) is 5.73. The summed E-state index contributed by atoms with van der Waals surface area (Å²) in [6, 6.07) is 11.0. The highest BCUT2D eigenvalue weighted by molar-refractivity contribution is 6.29. The lowest BCUT2D eigenvalue weighted by molar-refractivity contribution is 1.01. The molecule has 0 saturated carbocycles. The molecule has 1 aromatic carbocycles. The van der Waals surface area contributed by atoms with E-state index in [1.165, 1.54) is 0 Å². The van der Waals surface area contributed by atoms with E-state index in [0.717, 1.165) is 11.5 Å². The molecular formula is C13H11ClN4. The fourth-order valence-corrected chi connectivity index (χ4v) is 1.80. The number of halogens is 1. The third-order valence-electron chi connectivity index (χ3n) is 2.52. The van der Waals surface area contributed by atoms with E-state index in [9.17, 15) is 0 Å². The largest absolute Gasteiger partial charge is 0.329 e. The summed E-state index contributed by atoms with van der Waals surface area (Å²) in [4.78, 5) is 10.2. The summed E-state index contributed by atoms with van der Waals surface area (Å²) in [5, 5.41) is 9.17. The molecule has 0 bridgehead atoms. The van der Waals surface area contributed by atoms with E-state index in [0.29, 0.717) is 16.5 Å². The lowest BCUT2D eigenvalue weighted by atomic mass is 10.2. The molecule has 2 aromatic rings. The maximum absolute atomic E-state index is 8.76. The Morgan fingerprint density at radius 1 is 1.22 bits per heavy atom. The number of nitrogens with zero attached hydrogens (tertiary/aromatic N) is 4. The molecule has 0 unspecified atom stereocenters. The van der Waals surface area contributed by atoms with E-state index in [2.05, 4.69) is 16.0 Å². The van der Waals surface area contributed by atoms with Crippen LogP contribution in [0.3, 0.4) is 0 Å². The molecule has 0 N–H and O–H groups in total. The smallest absolute Gasteiger partial charge is 0.137 e. The maximum Gasteiger partial charge on any atom is 0.137 e. The number of benzene rings is 1. The van der Waals surface area contributed by atoms with Crippen LogP contribution in [0.25, 0.3) is 0 Å². The van der Waals surface area contributed by atoms with Crippen molar-refractivity contribution in [2.45, 2.75) is 6.92 Å². The van der Waals surface area contributed by atoms with Crippen LogP contribution in [-0.4, -0.2) is 17.0 Å². The Morgan fingerprint density at radius 3 is 2.44 bits per heavy atom. The molecule has 0 radical (unpaired) electrons. The van der Waals surface area contributed by atoms with Gasteiger partial charge in [-0.25, -0.2) is 9.97 Å². The Morgan fingerprint density at radius 2 is 1.89 bits per heavy atom. The van der Waals surface area contributed by atoms with Crippen molar-refractivity contribution in [3.63, 3.8) is 0 Å². The van der Waals surface area contributed by atoms with Crippen LogP contribution in [0.1, 0.15) is 11.4 Å². The highest BCUT2D eigenvalue weighted by Gasteiger charge is 2.07. The molecule has 1 heterocycles. The molecule has 18 heavy (non-hydrogen) atoms. The highest BCUT2D eigenvalue weighted by Crippen LogP contribution is 2.23. The maximum atomic E-state index is 8.76. The van der Waals surface area contributed by atoms with Gasteiger partial charge in [-0.15, -0.1) is 0 Å². The predicted molar refractivity (Wildman–Crippen MR) is 71.0 cm³/mol. The monoisotopic (exact) mass is 258 g/mol. The van der Waals surface area contributed by atoms with Crippen LogP contribution in [0.2, 0.25) is 5.15 Å². The van der Waals surface area contributed by atoms with Gasteiger partial charge in [0.1, 0.15) is 16.8 Å². The van der Waals surface area contributed by atoms with Crippen molar-refractivity contribution in [3.8, 4) is 6.07 Å². The second-order valence-electron chi connectivity index (χ2n) is 3.81. The molecule has 1 aromatic heterocycles. The van der Waals surface area contributed by atoms with Gasteiger partial charge in [-0.05, 0) is 31.2 Å². The molecular weight excluding hydrogens is 248 g/mol. The van der Waals surface area contributed by atoms with Crippen molar-refractivity contribution in [1.82, 2.24) is 9.97 Å². The minimum absolute atomic E-state index is 0.415. The zero-order valence-corrected chi connectivity index (χ0v) is 10.8. The first kappa shape index (κ1) is 12.3. The van der Waals surface area contributed by atoms with Crippen molar-refractivity contribution < 1.29 is 0 Å². The van der Waals surface area contributed by atoms with E-state index in [1.54, 1.807) is 25.1 Å². The minimum atomic E-state index is 0.415. The molecule has 0 aliphatic rings. The third-order valence-corrected chi connectivity index (χ3v) is 2.71. The summed E-state index contributed by atoms with van der Waals surface area (Å²) in [6.45, 7) is 1.79. The molecule has 2 rings (SSSR count). The Kier molecular flexibility index (Phi) is 3.45. The van der Waals surface area contributed by atoms with Crippen molar-refractivity contribution in [2.75, 3.05) is 11.9 Å². The Labute approximate surface area is 110 Å². The number of anilines is 2. The van der Waals surface area contributed by atoms with Crippen molar-refractivity contribution in [2.24, 2.45) is 0 Å². The van der Waals surface area contributed by atoms with Gasteiger partial charge in [0, 0.05) is 18.8 Å². The normalized spacial score (nSPS) is 9.89. The topological polar surface area (TPSA) is 52.8 Å². The molecule has 0 aliphatic carbocycles. The fraction of sp³-hybridized carbons (Fsp3) is 0.154. The third kappa shape index (κ3) is 2.58. The van der Waals surface area contributed by atoms with Crippen molar-refractivity contribution in [3.05, 3.63) is 46.9 Å². The summed E-state index contributed by atoms with van der Waals surface area (Å²) >= 11 is 5.91. The van der Waals surface area contributed by atoms with Gasteiger partial charge in [-0.1, -0.05) is 11.6 Å². The van der Waals surface area contributed by atoms with E-state index in [4.69, 9.17) is 16.9 Å². The lowest BCUT2D eigenvalue weighted by Crippen LogP contribution is -2.12. The van der Waals surface area contributed by atoms with E-state index in [-0.39, 0.29) is 0 Å². The molecule has 5 heteroatoms. The summed E-state index contributed by atoms with van der Waals surface area (Å²) in [7, 11) is 1.89. The van der Waals surface area contributed by atoms with Gasteiger partial charge >= 0.3 is 0 Å². The second kappa shape index (κ2) is 5.03. The van der Waals surface area contributed by atoms with Crippen LogP contribution in [0, 0.1) is 18.3 Å². The molecule has 90 valence electrons. The molecule has 0 atom stereocenters. The number of nitriles is 1. The summed E-state index contributed by atoms with van der Waals surface area (Å²) < 4.78 is 0. The van der Waals surface area contributed by atoms with Gasteiger partial charge in [0.15, 0.2) is 0 Å². The summed E-state index contributed by atoms with van der Waals surface area (Å²) in [5.41, 5.74) is 1.56. The quantitative estimate of drug-likeness (QED) is 0.777. The summed E-state index contributed by atoms with van der Waals surface area (Å²) in [5.74, 6) is 1.34. The molecule has 0 spiro atoms. The van der Waals surface area contributed by atoms with Crippen LogP contribution in [-0.2, 0) is 0 Å². The van der Waals surface area contributed by atoms with Crippen LogP contribution in [0.4, 0.5) is 11.5 Å². The van der Waals surface area contributed by atoms with E-state index in [1.807, 2.05) is 24.1 Å². The van der Waals surface area contributed by atoms with E-state index >= 15 is 0 Å². The van der Waals surface area contributed by atoms with Gasteiger partial charge in [0.2, 0.25) is 0 Å². The average molecular weight is 259 g/mol.